The molecule has 2 aromatic rings. The van der Waals surface area contributed by atoms with Gasteiger partial charge in [-0.15, -0.1) is 11.6 Å². The Morgan fingerprint density at radius 2 is 1.70 bits per heavy atom. The molecule has 0 aliphatic carbocycles. The van der Waals surface area contributed by atoms with Gasteiger partial charge in [-0.3, -0.25) is 4.79 Å². The fourth-order valence-corrected chi connectivity index (χ4v) is 3.87. The summed E-state index contributed by atoms with van der Waals surface area (Å²) in [6.45, 7) is 4.19. The molecule has 0 saturated carbocycles. The Bertz CT molecular complexity index is 833. The standard InChI is InChI=1S/C22H25Cl3O4S/c1-22(2,14-4-6-18(7-5-14)28-12-17(27)13-30-3)15-8-19(24)21(20(25)9-15)29-11-16(26)10-23/h4-9,16,26H,10-13H2,1-3H3. The number of carbonyl (C=O) groups excluding carboxylic acids is 1. The highest BCUT2D eigenvalue weighted by molar-refractivity contribution is 7.99. The monoisotopic (exact) mass is 490 g/mol. The lowest BCUT2D eigenvalue weighted by atomic mass is 9.78. The summed E-state index contributed by atoms with van der Waals surface area (Å²) in [7, 11) is 0. The van der Waals surface area contributed by atoms with E-state index in [0.717, 1.165) is 11.1 Å². The molecule has 1 atom stereocenters. The first kappa shape index (κ1) is 25.2. The number of ether oxygens (including phenoxy) is 2. The Morgan fingerprint density at radius 1 is 1.10 bits per heavy atom. The summed E-state index contributed by atoms with van der Waals surface area (Å²) < 4.78 is 11.1. The van der Waals surface area contributed by atoms with Gasteiger partial charge in [0.2, 0.25) is 0 Å². The minimum Gasteiger partial charge on any atom is -0.488 e. The van der Waals surface area contributed by atoms with Crippen molar-refractivity contribution in [1.82, 2.24) is 0 Å². The van der Waals surface area contributed by atoms with E-state index in [2.05, 4.69) is 13.8 Å². The van der Waals surface area contributed by atoms with Crippen molar-refractivity contribution < 1.29 is 19.4 Å². The molecular weight excluding hydrogens is 467 g/mol. The molecule has 0 aromatic heterocycles. The van der Waals surface area contributed by atoms with E-state index in [9.17, 15) is 9.90 Å². The van der Waals surface area contributed by atoms with Crippen LogP contribution >= 0.6 is 46.6 Å². The number of rotatable bonds is 11. The third kappa shape index (κ3) is 6.69. The smallest absolute Gasteiger partial charge is 0.180 e. The van der Waals surface area contributed by atoms with E-state index in [1.807, 2.05) is 30.5 Å². The number of thioether (sulfide) groups is 1. The SMILES string of the molecule is CSCC(=O)COc1ccc(C(C)(C)c2cc(Cl)c(OCC(O)CCl)c(Cl)c2)cc1. The van der Waals surface area contributed by atoms with E-state index in [4.69, 9.17) is 44.3 Å². The average Bonchev–Trinajstić information content (AvgIpc) is 2.71. The Morgan fingerprint density at radius 3 is 2.23 bits per heavy atom. The van der Waals surface area contributed by atoms with Gasteiger partial charge < -0.3 is 14.6 Å². The fraction of sp³-hybridized carbons (Fsp3) is 0.409. The third-order valence-corrected chi connectivity index (χ3v) is 6.13. The summed E-state index contributed by atoms with van der Waals surface area (Å²) in [6, 6.07) is 11.2. The number of carbonyl (C=O) groups is 1. The Kier molecular flexibility index (Phi) is 9.64. The van der Waals surface area contributed by atoms with Gasteiger partial charge in [-0.05, 0) is 41.6 Å². The van der Waals surface area contributed by atoms with Gasteiger partial charge in [-0.1, -0.05) is 49.2 Å². The zero-order chi connectivity index (χ0) is 22.3. The summed E-state index contributed by atoms with van der Waals surface area (Å²) in [5.74, 6) is 1.52. The summed E-state index contributed by atoms with van der Waals surface area (Å²) in [4.78, 5) is 11.6. The maximum atomic E-state index is 11.6. The predicted molar refractivity (Wildman–Crippen MR) is 126 cm³/mol. The van der Waals surface area contributed by atoms with Crippen LogP contribution in [-0.2, 0) is 10.2 Å². The zero-order valence-electron chi connectivity index (χ0n) is 17.1. The van der Waals surface area contributed by atoms with Gasteiger partial charge in [0.15, 0.2) is 11.5 Å². The van der Waals surface area contributed by atoms with Crippen LogP contribution in [0, 0.1) is 0 Å². The Labute approximate surface area is 196 Å². The first-order valence-electron chi connectivity index (χ1n) is 9.29. The van der Waals surface area contributed by atoms with Crippen molar-refractivity contribution in [3.8, 4) is 11.5 Å². The van der Waals surface area contributed by atoms with Crippen LogP contribution in [0.4, 0.5) is 0 Å². The molecule has 1 N–H and O–H groups in total. The molecule has 0 aliphatic rings. The summed E-state index contributed by atoms with van der Waals surface area (Å²) in [5.41, 5.74) is 1.55. The van der Waals surface area contributed by atoms with Crippen LogP contribution in [0.25, 0.3) is 0 Å². The van der Waals surface area contributed by atoms with E-state index >= 15 is 0 Å². The number of alkyl halides is 1. The first-order chi connectivity index (χ1) is 14.2. The van der Waals surface area contributed by atoms with Crippen LogP contribution in [0.3, 0.4) is 0 Å². The molecular formula is C22H25Cl3O4S. The van der Waals surface area contributed by atoms with Crippen molar-refractivity contribution in [2.75, 3.05) is 31.1 Å². The molecule has 4 nitrogen and oxygen atoms in total. The van der Waals surface area contributed by atoms with Gasteiger partial charge in [0.05, 0.1) is 21.7 Å². The van der Waals surface area contributed by atoms with E-state index in [1.54, 1.807) is 12.1 Å². The minimum absolute atomic E-state index is 0.00654. The molecule has 0 radical (unpaired) electrons. The topological polar surface area (TPSA) is 55.8 Å². The number of halogens is 3. The molecule has 8 heteroatoms. The predicted octanol–water partition coefficient (Wildman–Crippen LogP) is 5.61. The van der Waals surface area contributed by atoms with Gasteiger partial charge in [-0.25, -0.2) is 0 Å². The number of Topliss-reactive ketones (excluding diaryl/α,β-unsaturated/α-hetero) is 1. The van der Waals surface area contributed by atoms with Crippen LogP contribution < -0.4 is 9.47 Å². The number of hydrogen-bond donors (Lipinski definition) is 1. The maximum Gasteiger partial charge on any atom is 0.180 e. The van der Waals surface area contributed by atoms with Crippen molar-refractivity contribution in [3.05, 3.63) is 57.6 Å². The lowest BCUT2D eigenvalue weighted by molar-refractivity contribution is -0.118. The highest BCUT2D eigenvalue weighted by atomic mass is 35.5. The largest absolute Gasteiger partial charge is 0.488 e. The summed E-state index contributed by atoms with van der Waals surface area (Å²) >= 11 is 19.9. The van der Waals surface area contributed by atoms with E-state index in [0.29, 0.717) is 27.3 Å². The second-order valence-electron chi connectivity index (χ2n) is 7.30. The molecule has 1 unspecified atom stereocenters. The molecule has 30 heavy (non-hydrogen) atoms. The maximum absolute atomic E-state index is 11.6. The number of ketones is 1. The molecule has 164 valence electrons. The minimum atomic E-state index is -0.799. The zero-order valence-corrected chi connectivity index (χ0v) is 20.2. The number of benzene rings is 2. The fourth-order valence-electron chi connectivity index (χ4n) is 2.78. The second-order valence-corrected chi connectivity index (χ2v) is 9.29. The van der Waals surface area contributed by atoms with Gasteiger partial charge in [0.25, 0.3) is 0 Å². The highest BCUT2D eigenvalue weighted by Gasteiger charge is 2.26. The molecule has 0 aliphatic heterocycles. The lowest BCUT2D eigenvalue weighted by Gasteiger charge is -2.27. The molecule has 0 spiro atoms. The van der Waals surface area contributed by atoms with Crippen molar-refractivity contribution in [2.24, 2.45) is 0 Å². The second kappa shape index (κ2) is 11.5. The van der Waals surface area contributed by atoms with Crippen molar-refractivity contribution in [2.45, 2.75) is 25.4 Å². The number of aliphatic hydroxyl groups excluding tert-OH is 1. The van der Waals surface area contributed by atoms with Crippen LogP contribution in [0.1, 0.15) is 25.0 Å². The van der Waals surface area contributed by atoms with Gasteiger partial charge in [0, 0.05) is 5.41 Å². The lowest BCUT2D eigenvalue weighted by Crippen LogP contribution is -2.20. The van der Waals surface area contributed by atoms with Crippen molar-refractivity contribution in [1.29, 1.82) is 0 Å². The van der Waals surface area contributed by atoms with Crippen molar-refractivity contribution >= 4 is 52.3 Å². The molecule has 0 bridgehead atoms. The Hall–Kier alpha value is -1.11. The number of hydrogen-bond acceptors (Lipinski definition) is 5. The number of aliphatic hydroxyl groups is 1. The quantitative estimate of drug-likeness (QED) is 0.414. The van der Waals surface area contributed by atoms with Crippen LogP contribution in [0.2, 0.25) is 10.0 Å². The summed E-state index contributed by atoms with van der Waals surface area (Å²) in [5, 5.41) is 10.3. The highest BCUT2D eigenvalue weighted by Crippen LogP contribution is 2.40. The van der Waals surface area contributed by atoms with Crippen LogP contribution in [-0.4, -0.2) is 48.1 Å². The molecule has 2 aromatic carbocycles. The van der Waals surface area contributed by atoms with Gasteiger partial charge in [0.1, 0.15) is 25.1 Å². The third-order valence-electron chi connectivity index (χ3n) is 4.60. The normalized spacial score (nSPS) is 12.5. The Balaban J connectivity index is 2.17. The average molecular weight is 492 g/mol. The van der Waals surface area contributed by atoms with E-state index in [-0.39, 0.29) is 24.9 Å². The molecule has 0 fully saturated rings. The van der Waals surface area contributed by atoms with Gasteiger partial charge >= 0.3 is 0 Å². The molecule has 2 rings (SSSR count). The van der Waals surface area contributed by atoms with Gasteiger partial charge in [-0.2, -0.15) is 11.8 Å². The van der Waals surface area contributed by atoms with E-state index < -0.39 is 11.5 Å². The molecule has 0 saturated heterocycles. The van der Waals surface area contributed by atoms with E-state index in [1.165, 1.54) is 11.8 Å². The molecule has 0 amide bonds. The van der Waals surface area contributed by atoms with Crippen LogP contribution in [0.15, 0.2) is 36.4 Å². The van der Waals surface area contributed by atoms with Crippen molar-refractivity contribution in [3.63, 3.8) is 0 Å². The molecule has 0 heterocycles. The summed E-state index contributed by atoms with van der Waals surface area (Å²) in [6.07, 6.45) is 1.08. The van der Waals surface area contributed by atoms with Crippen LogP contribution in [0.5, 0.6) is 11.5 Å². The first-order valence-corrected chi connectivity index (χ1v) is 12.0.